The van der Waals surface area contributed by atoms with Crippen molar-refractivity contribution in [3.8, 4) is 0 Å². The summed E-state index contributed by atoms with van der Waals surface area (Å²) in [5.41, 5.74) is 6.91. The highest BCUT2D eigenvalue weighted by Crippen LogP contribution is 2.29. The minimum absolute atomic E-state index is 0.501. The number of fused-ring (bicyclic) bond motifs is 1. The van der Waals surface area contributed by atoms with E-state index < -0.39 is 0 Å². The fraction of sp³-hybridized carbons (Fsp3) is 0.368. The molecule has 2 aromatic rings. The maximum absolute atomic E-state index is 3.61. The molecule has 1 aliphatic heterocycles. The Morgan fingerprint density at radius 3 is 2.76 bits per heavy atom. The lowest BCUT2D eigenvalue weighted by Crippen LogP contribution is -2.35. The smallest absolute Gasteiger partial charge is 0.0445 e. The summed E-state index contributed by atoms with van der Waals surface area (Å²) in [6, 6.07) is 16.0. The summed E-state index contributed by atoms with van der Waals surface area (Å²) in [7, 11) is 0. The van der Waals surface area contributed by atoms with Crippen molar-refractivity contribution < 1.29 is 0 Å². The van der Waals surface area contributed by atoms with Gasteiger partial charge in [0, 0.05) is 31.4 Å². The van der Waals surface area contributed by atoms with Crippen LogP contribution in [0.1, 0.15) is 29.2 Å². The highest BCUT2D eigenvalue weighted by atomic mass is 15.2. The van der Waals surface area contributed by atoms with Crippen LogP contribution in [0.15, 0.2) is 42.5 Å². The van der Waals surface area contributed by atoms with Crippen molar-refractivity contribution in [1.82, 2.24) is 5.32 Å². The van der Waals surface area contributed by atoms with E-state index in [2.05, 4.69) is 73.5 Å². The Labute approximate surface area is 127 Å². The number of hydrogen-bond acceptors (Lipinski definition) is 2. The number of hydrogen-bond donors (Lipinski definition) is 1. The fourth-order valence-corrected chi connectivity index (χ4v) is 3.26. The van der Waals surface area contributed by atoms with Crippen molar-refractivity contribution in [2.45, 2.75) is 39.9 Å². The SMILES string of the molecule is Cc1cccc(CN2CC(C)NCc3cccc(C)c32)c1. The largest absolute Gasteiger partial charge is 0.365 e. The molecule has 1 atom stereocenters. The van der Waals surface area contributed by atoms with E-state index in [9.17, 15) is 0 Å². The molecule has 1 unspecified atom stereocenters. The third-order valence-corrected chi connectivity index (χ3v) is 4.23. The maximum Gasteiger partial charge on any atom is 0.0445 e. The van der Waals surface area contributed by atoms with Crippen LogP contribution in [0, 0.1) is 13.8 Å². The monoisotopic (exact) mass is 280 g/mol. The molecule has 0 spiro atoms. The predicted molar refractivity (Wildman–Crippen MR) is 89.7 cm³/mol. The molecule has 2 aromatic carbocycles. The normalized spacial score (nSPS) is 18.2. The third-order valence-electron chi connectivity index (χ3n) is 4.23. The lowest BCUT2D eigenvalue weighted by atomic mass is 10.1. The number of para-hydroxylation sites is 1. The zero-order valence-corrected chi connectivity index (χ0v) is 13.2. The van der Waals surface area contributed by atoms with E-state index in [4.69, 9.17) is 0 Å². The molecule has 0 aliphatic carbocycles. The Hall–Kier alpha value is -1.80. The van der Waals surface area contributed by atoms with E-state index in [1.165, 1.54) is 27.9 Å². The van der Waals surface area contributed by atoms with Gasteiger partial charge in [0.2, 0.25) is 0 Å². The average molecular weight is 280 g/mol. The van der Waals surface area contributed by atoms with Gasteiger partial charge in [0.05, 0.1) is 0 Å². The highest BCUT2D eigenvalue weighted by molar-refractivity contribution is 5.60. The number of nitrogens with zero attached hydrogens (tertiary/aromatic N) is 1. The minimum Gasteiger partial charge on any atom is -0.365 e. The van der Waals surface area contributed by atoms with Crippen molar-refractivity contribution in [3.05, 3.63) is 64.7 Å². The van der Waals surface area contributed by atoms with Gasteiger partial charge in [-0.2, -0.15) is 0 Å². The average Bonchev–Trinajstić information content (AvgIpc) is 2.59. The molecule has 110 valence electrons. The maximum atomic E-state index is 3.61. The van der Waals surface area contributed by atoms with Gasteiger partial charge >= 0.3 is 0 Å². The molecule has 1 aliphatic rings. The molecule has 0 bridgehead atoms. The molecule has 21 heavy (non-hydrogen) atoms. The first kappa shape index (κ1) is 14.2. The Balaban J connectivity index is 1.96. The Bertz CT molecular complexity index is 633. The number of nitrogens with one attached hydrogen (secondary N) is 1. The van der Waals surface area contributed by atoms with Crippen LogP contribution in [0.2, 0.25) is 0 Å². The summed E-state index contributed by atoms with van der Waals surface area (Å²) < 4.78 is 0. The van der Waals surface area contributed by atoms with Crippen molar-refractivity contribution in [3.63, 3.8) is 0 Å². The Morgan fingerprint density at radius 2 is 1.95 bits per heavy atom. The molecule has 3 rings (SSSR count). The first-order chi connectivity index (χ1) is 10.1. The first-order valence-electron chi connectivity index (χ1n) is 7.76. The van der Waals surface area contributed by atoms with Crippen LogP contribution in [0.25, 0.3) is 0 Å². The highest BCUT2D eigenvalue weighted by Gasteiger charge is 2.20. The van der Waals surface area contributed by atoms with E-state index >= 15 is 0 Å². The van der Waals surface area contributed by atoms with Crippen LogP contribution < -0.4 is 10.2 Å². The molecular formula is C19H24N2. The second-order valence-electron chi connectivity index (χ2n) is 6.23. The van der Waals surface area contributed by atoms with Crippen LogP contribution in [-0.2, 0) is 13.1 Å². The Morgan fingerprint density at radius 1 is 1.14 bits per heavy atom. The molecule has 0 amide bonds. The van der Waals surface area contributed by atoms with Gasteiger partial charge in [-0.25, -0.2) is 0 Å². The predicted octanol–water partition coefficient (Wildman–Crippen LogP) is 3.80. The number of anilines is 1. The van der Waals surface area contributed by atoms with E-state index in [-0.39, 0.29) is 0 Å². The van der Waals surface area contributed by atoms with E-state index in [0.29, 0.717) is 6.04 Å². The van der Waals surface area contributed by atoms with E-state index in [0.717, 1.165) is 19.6 Å². The minimum atomic E-state index is 0.501. The summed E-state index contributed by atoms with van der Waals surface area (Å²) in [5, 5.41) is 3.61. The zero-order valence-electron chi connectivity index (χ0n) is 13.2. The van der Waals surface area contributed by atoms with E-state index in [1.807, 2.05) is 0 Å². The van der Waals surface area contributed by atoms with Gasteiger partial charge in [-0.15, -0.1) is 0 Å². The van der Waals surface area contributed by atoms with Gasteiger partial charge in [-0.05, 0) is 37.5 Å². The van der Waals surface area contributed by atoms with Gasteiger partial charge in [0.15, 0.2) is 0 Å². The number of aryl methyl sites for hydroxylation is 2. The molecule has 2 nitrogen and oxygen atoms in total. The summed E-state index contributed by atoms with van der Waals surface area (Å²) in [4.78, 5) is 2.53. The lowest BCUT2D eigenvalue weighted by Gasteiger charge is -2.28. The van der Waals surface area contributed by atoms with Crippen molar-refractivity contribution in [2.24, 2.45) is 0 Å². The zero-order chi connectivity index (χ0) is 14.8. The second-order valence-corrected chi connectivity index (χ2v) is 6.23. The standard InChI is InChI=1S/C19H24N2/c1-14-6-4-8-17(10-14)13-21-12-16(3)20-11-18-9-5-7-15(2)19(18)21/h4-10,16,20H,11-13H2,1-3H3. The number of rotatable bonds is 2. The van der Waals surface area contributed by atoms with Gasteiger partial charge in [0.1, 0.15) is 0 Å². The summed E-state index contributed by atoms with van der Waals surface area (Å²) in [5.74, 6) is 0. The van der Waals surface area contributed by atoms with E-state index in [1.54, 1.807) is 0 Å². The van der Waals surface area contributed by atoms with Crippen LogP contribution in [0.3, 0.4) is 0 Å². The quantitative estimate of drug-likeness (QED) is 0.900. The van der Waals surface area contributed by atoms with Gasteiger partial charge in [0.25, 0.3) is 0 Å². The van der Waals surface area contributed by atoms with Crippen molar-refractivity contribution in [1.29, 1.82) is 0 Å². The molecule has 0 saturated carbocycles. The fourth-order valence-electron chi connectivity index (χ4n) is 3.26. The topological polar surface area (TPSA) is 15.3 Å². The molecular weight excluding hydrogens is 256 g/mol. The van der Waals surface area contributed by atoms with Crippen LogP contribution in [-0.4, -0.2) is 12.6 Å². The lowest BCUT2D eigenvalue weighted by molar-refractivity contribution is 0.552. The van der Waals surface area contributed by atoms with Gasteiger partial charge < -0.3 is 10.2 Å². The molecule has 0 aromatic heterocycles. The third kappa shape index (κ3) is 3.11. The Kier molecular flexibility index (Phi) is 3.98. The van der Waals surface area contributed by atoms with Crippen LogP contribution >= 0.6 is 0 Å². The van der Waals surface area contributed by atoms with Gasteiger partial charge in [-0.3, -0.25) is 0 Å². The summed E-state index contributed by atoms with van der Waals surface area (Å²) in [6.45, 7) is 9.64. The van der Waals surface area contributed by atoms with Crippen LogP contribution in [0.4, 0.5) is 5.69 Å². The molecule has 0 fully saturated rings. The van der Waals surface area contributed by atoms with Crippen LogP contribution in [0.5, 0.6) is 0 Å². The van der Waals surface area contributed by atoms with Crippen molar-refractivity contribution >= 4 is 5.69 Å². The molecule has 1 N–H and O–H groups in total. The van der Waals surface area contributed by atoms with Gasteiger partial charge in [-0.1, -0.05) is 48.0 Å². The summed E-state index contributed by atoms with van der Waals surface area (Å²) in [6.07, 6.45) is 0. The molecule has 1 heterocycles. The molecule has 0 saturated heterocycles. The summed E-state index contributed by atoms with van der Waals surface area (Å²) >= 11 is 0. The second kappa shape index (κ2) is 5.90. The first-order valence-corrected chi connectivity index (χ1v) is 7.76. The number of benzene rings is 2. The molecule has 2 heteroatoms. The van der Waals surface area contributed by atoms with Crippen molar-refractivity contribution in [2.75, 3.05) is 11.4 Å². The molecule has 0 radical (unpaired) electrons.